The van der Waals surface area contributed by atoms with E-state index in [2.05, 4.69) is 66.3 Å². The Hall–Kier alpha value is -3.82. The molecule has 1 fully saturated rings. The Labute approximate surface area is 185 Å². The third-order valence-electron chi connectivity index (χ3n) is 5.54. The molecule has 0 aliphatic carbocycles. The van der Waals surface area contributed by atoms with Crippen molar-refractivity contribution in [3.05, 3.63) is 53.9 Å². The zero-order valence-electron chi connectivity index (χ0n) is 18.5. The summed E-state index contributed by atoms with van der Waals surface area (Å²) in [7, 11) is 0. The van der Waals surface area contributed by atoms with Crippen LogP contribution in [0.15, 0.2) is 41.3 Å². The van der Waals surface area contributed by atoms with Gasteiger partial charge in [-0.15, -0.1) is 0 Å². The highest BCUT2D eigenvalue weighted by atomic mass is 16.5. The Morgan fingerprint density at radius 2 is 1.94 bits per heavy atom. The van der Waals surface area contributed by atoms with E-state index in [1.54, 1.807) is 18.6 Å². The molecule has 32 heavy (non-hydrogen) atoms. The molecular formula is C22H25N9O. The van der Waals surface area contributed by atoms with E-state index in [0.29, 0.717) is 17.5 Å². The van der Waals surface area contributed by atoms with Crippen molar-refractivity contribution in [2.45, 2.75) is 45.6 Å². The van der Waals surface area contributed by atoms with E-state index in [1.807, 2.05) is 25.1 Å². The Kier molecular flexibility index (Phi) is 4.84. The maximum atomic E-state index is 5.65. The summed E-state index contributed by atoms with van der Waals surface area (Å²) in [6.07, 6.45) is 6.00. The summed E-state index contributed by atoms with van der Waals surface area (Å²) in [5, 5.41) is 14.9. The van der Waals surface area contributed by atoms with E-state index in [1.165, 1.54) is 0 Å². The van der Waals surface area contributed by atoms with E-state index < -0.39 is 0 Å². The van der Waals surface area contributed by atoms with Gasteiger partial charge >= 0.3 is 0 Å². The van der Waals surface area contributed by atoms with Crippen molar-refractivity contribution in [2.24, 2.45) is 0 Å². The third-order valence-corrected chi connectivity index (χ3v) is 5.54. The van der Waals surface area contributed by atoms with Gasteiger partial charge in [-0.1, -0.05) is 25.9 Å². The molecule has 0 spiro atoms. The Morgan fingerprint density at radius 3 is 2.66 bits per heavy atom. The predicted molar refractivity (Wildman–Crippen MR) is 120 cm³/mol. The van der Waals surface area contributed by atoms with Crippen molar-refractivity contribution in [1.29, 1.82) is 0 Å². The second kappa shape index (κ2) is 7.70. The highest BCUT2D eigenvalue weighted by Gasteiger charge is 2.35. The molecule has 10 heteroatoms. The van der Waals surface area contributed by atoms with Gasteiger partial charge in [0.05, 0.1) is 11.7 Å². The van der Waals surface area contributed by atoms with Crippen LogP contribution >= 0.6 is 0 Å². The van der Waals surface area contributed by atoms with Gasteiger partial charge in [0, 0.05) is 48.4 Å². The molecule has 5 rings (SSSR count). The average molecular weight is 432 g/mol. The molecule has 1 saturated heterocycles. The second-order valence-electron chi connectivity index (χ2n) is 8.89. The zero-order valence-corrected chi connectivity index (χ0v) is 18.5. The molecule has 0 aromatic carbocycles. The lowest BCUT2D eigenvalue weighted by molar-refractivity contribution is 0.315. The van der Waals surface area contributed by atoms with Crippen LogP contribution in [0.5, 0.6) is 0 Å². The molecule has 0 radical (unpaired) electrons. The van der Waals surface area contributed by atoms with Crippen LogP contribution in [-0.2, 0) is 5.41 Å². The van der Waals surface area contributed by atoms with Crippen molar-refractivity contribution in [2.75, 3.05) is 16.8 Å². The molecule has 1 unspecified atom stereocenters. The summed E-state index contributed by atoms with van der Waals surface area (Å²) in [4.78, 5) is 19.9. The summed E-state index contributed by atoms with van der Waals surface area (Å²) in [5.74, 6) is 2.80. The van der Waals surface area contributed by atoms with E-state index in [4.69, 9.17) is 4.52 Å². The lowest BCUT2D eigenvalue weighted by atomic mass is 9.92. The van der Waals surface area contributed by atoms with E-state index in [0.717, 1.165) is 41.6 Å². The quantitative estimate of drug-likeness (QED) is 0.484. The van der Waals surface area contributed by atoms with Crippen LogP contribution in [0, 0.1) is 6.92 Å². The molecule has 1 atom stereocenters. The van der Waals surface area contributed by atoms with Gasteiger partial charge < -0.3 is 14.7 Å². The summed E-state index contributed by atoms with van der Waals surface area (Å²) in [6.45, 7) is 9.15. The first-order valence-corrected chi connectivity index (χ1v) is 10.6. The molecule has 0 bridgehead atoms. The van der Waals surface area contributed by atoms with Crippen molar-refractivity contribution < 1.29 is 4.52 Å². The zero-order chi connectivity index (χ0) is 22.3. The highest BCUT2D eigenvalue weighted by molar-refractivity contribution is 5.57. The fourth-order valence-corrected chi connectivity index (χ4v) is 3.60. The minimum absolute atomic E-state index is 0.00554. The van der Waals surface area contributed by atoms with Gasteiger partial charge in [0.25, 0.3) is 0 Å². The van der Waals surface area contributed by atoms with Gasteiger partial charge in [-0.3, -0.25) is 15.1 Å². The van der Waals surface area contributed by atoms with Crippen molar-refractivity contribution in [3.63, 3.8) is 0 Å². The fourth-order valence-electron chi connectivity index (χ4n) is 3.60. The monoisotopic (exact) mass is 431 g/mol. The van der Waals surface area contributed by atoms with Crippen LogP contribution in [0.1, 0.15) is 50.4 Å². The number of nitrogens with zero attached hydrogens (tertiary/aromatic N) is 7. The number of hydrogen-bond acceptors (Lipinski definition) is 9. The van der Waals surface area contributed by atoms with Crippen LogP contribution in [0.3, 0.4) is 0 Å². The Bertz CT molecular complexity index is 1240. The summed E-state index contributed by atoms with van der Waals surface area (Å²) in [6, 6.07) is 5.78. The van der Waals surface area contributed by atoms with E-state index in [9.17, 15) is 0 Å². The lowest BCUT2D eigenvalue weighted by Crippen LogP contribution is -2.41. The number of rotatable bonds is 5. The van der Waals surface area contributed by atoms with E-state index >= 15 is 0 Å². The topological polar surface area (TPSA) is 122 Å². The smallest absolute Gasteiger partial charge is 0.227 e. The van der Waals surface area contributed by atoms with Crippen LogP contribution in [0.25, 0.3) is 11.4 Å². The first kappa shape index (κ1) is 20.1. The molecule has 2 N–H and O–H groups in total. The molecule has 4 aromatic heterocycles. The van der Waals surface area contributed by atoms with E-state index in [-0.39, 0.29) is 11.5 Å². The number of H-pyrrole nitrogens is 1. The average Bonchev–Trinajstić information content (AvgIpc) is 3.38. The normalized spacial score (nSPS) is 16.1. The highest BCUT2D eigenvalue weighted by Crippen LogP contribution is 2.37. The number of hydrogen-bond donors (Lipinski definition) is 2. The standard InChI is InChI=1S/C22H25N9O/c1-13-20(24-9-8-23-13)14-11-16(32-30-14)15-6-10-31(15)21-25-7-5-18(27-21)26-19-12-17(28-29-19)22(2,3)4/h5,7-9,11-12,15H,6,10H2,1-4H3,(H2,25,26,27,28,29). The van der Waals surface area contributed by atoms with Crippen molar-refractivity contribution in [3.8, 4) is 11.4 Å². The molecule has 1 aliphatic heterocycles. The van der Waals surface area contributed by atoms with Gasteiger partial charge in [-0.05, 0) is 19.4 Å². The summed E-state index contributed by atoms with van der Waals surface area (Å²) < 4.78 is 5.65. The number of aryl methyl sites for hydroxylation is 1. The third kappa shape index (κ3) is 3.79. The summed E-state index contributed by atoms with van der Waals surface area (Å²) in [5.41, 5.74) is 3.27. The minimum atomic E-state index is -0.00554. The van der Waals surface area contributed by atoms with Crippen LogP contribution in [0.4, 0.5) is 17.6 Å². The molecule has 10 nitrogen and oxygen atoms in total. The molecule has 0 saturated carbocycles. The van der Waals surface area contributed by atoms with Gasteiger partial charge in [0.15, 0.2) is 11.6 Å². The number of aromatic nitrogens is 7. The lowest BCUT2D eigenvalue weighted by Gasteiger charge is -2.39. The fraction of sp³-hybridized carbons (Fsp3) is 0.364. The second-order valence-corrected chi connectivity index (χ2v) is 8.89. The summed E-state index contributed by atoms with van der Waals surface area (Å²) >= 11 is 0. The molecule has 5 heterocycles. The molecular weight excluding hydrogens is 406 g/mol. The van der Waals surface area contributed by atoms with Gasteiger partial charge in [0.2, 0.25) is 5.95 Å². The van der Waals surface area contributed by atoms with Crippen LogP contribution in [-0.4, -0.2) is 41.8 Å². The number of nitrogens with one attached hydrogen (secondary N) is 2. The van der Waals surface area contributed by atoms with Gasteiger partial charge in [-0.25, -0.2) is 4.98 Å². The molecule has 4 aromatic rings. The molecule has 164 valence electrons. The minimum Gasteiger partial charge on any atom is -0.358 e. The number of aromatic amines is 1. The first-order chi connectivity index (χ1) is 15.4. The maximum Gasteiger partial charge on any atom is 0.227 e. The largest absolute Gasteiger partial charge is 0.358 e. The predicted octanol–water partition coefficient (Wildman–Crippen LogP) is 3.95. The molecule has 0 amide bonds. The van der Waals surface area contributed by atoms with Crippen LogP contribution in [0.2, 0.25) is 0 Å². The SMILES string of the molecule is Cc1nccnc1-c1cc(C2CCN2c2nccc(Nc3cc(C(C)(C)C)[nH]n3)n2)on1. The maximum absolute atomic E-state index is 5.65. The number of anilines is 3. The van der Waals surface area contributed by atoms with Crippen molar-refractivity contribution in [1.82, 2.24) is 35.3 Å². The van der Waals surface area contributed by atoms with Crippen molar-refractivity contribution >= 4 is 17.6 Å². The van der Waals surface area contributed by atoms with Gasteiger partial charge in [0.1, 0.15) is 17.2 Å². The first-order valence-electron chi connectivity index (χ1n) is 10.6. The Balaban J connectivity index is 1.33. The molecule has 1 aliphatic rings. The van der Waals surface area contributed by atoms with Crippen LogP contribution < -0.4 is 10.2 Å². The van der Waals surface area contributed by atoms with Gasteiger partial charge in [-0.2, -0.15) is 10.1 Å². The Morgan fingerprint density at radius 1 is 1.09 bits per heavy atom.